The number of nitrogens with two attached hydrogens (primary N) is 6. The highest BCUT2D eigenvalue weighted by molar-refractivity contribution is 5.96. The van der Waals surface area contributed by atoms with Crippen LogP contribution < -0.4 is 34.4 Å². The van der Waals surface area contributed by atoms with E-state index in [0.717, 1.165) is 6.42 Å². The number of carboxylic acids is 6. The Labute approximate surface area is 223 Å². The van der Waals surface area contributed by atoms with Crippen molar-refractivity contribution in [3.05, 3.63) is 0 Å². The maximum absolute atomic E-state index is 10.2. The lowest BCUT2D eigenvalue weighted by Crippen LogP contribution is -2.38. The fourth-order valence-corrected chi connectivity index (χ4v) is 1.65. The molecule has 0 radical (unpaired) electrons. The Balaban J connectivity index is -0.000000212. The molecule has 19 heteroatoms. The molecule has 0 aromatic heterocycles. The molecule has 18 N–H and O–H groups in total. The minimum Gasteiger partial charge on any atom is -0.481 e. The fourth-order valence-electron chi connectivity index (χ4n) is 1.65. The van der Waals surface area contributed by atoms with Crippen molar-refractivity contribution < 1.29 is 59.4 Å². The van der Waals surface area contributed by atoms with Crippen LogP contribution in [0, 0.1) is 5.92 Å². The quantitative estimate of drug-likeness (QED) is 0.0418. The summed E-state index contributed by atoms with van der Waals surface area (Å²) in [7, 11) is 0. The minimum atomic E-state index is -1.80. The summed E-state index contributed by atoms with van der Waals surface area (Å²) >= 11 is 0. The van der Waals surface area contributed by atoms with Crippen molar-refractivity contribution in [1.82, 2.24) is 0 Å². The smallest absolute Gasteiger partial charge is 0.332 e. The van der Waals surface area contributed by atoms with Gasteiger partial charge in [0.2, 0.25) is 6.04 Å². The molecule has 0 saturated carbocycles. The van der Waals surface area contributed by atoms with Crippen molar-refractivity contribution in [2.75, 3.05) is 6.54 Å². The highest BCUT2D eigenvalue weighted by atomic mass is 16.4. The van der Waals surface area contributed by atoms with Gasteiger partial charge in [-0.3, -0.25) is 24.2 Å². The SMILES string of the molecule is CC[C@H](C)[C@H](N)C(=O)O.NC(C(=O)O)C(=O)O.NC(N)=NCCC[C@H](N)C(=O)O.N[C@H](CCC(=O)O)C(=O)O. The Hall–Kier alpha value is -4.07. The zero-order chi connectivity index (χ0) is 31.9. The highest BCUT2D eigenvalue weighted by Crippen LogP contribution is 2.04. The average molecular weight is 572 g/mol. The molecule has 0 spiro atoms. The average Bonchev–Trinajstić information content (AvgIpc) is 2.83. The number of aliphatic carboxylic acids is 6. The number of guanidine groups is 1. The van der Waals surface area contributed by atoms with E-state index in [1.807, 2.05) is 13.8 Å². The number of carbonyl (C=O) groups is 6. The lowest BCUT2D eigenvalue weighted by atomic mass is 10.0. The third-order valence-electron chi connectivity index (χ3n) is 4.35. The molecule has 0 aromatic carbocycles. The van der Waals surface area contributed by atoms with Gasteiger partial charge in [-0.2, -0.15) is 0 Å². The summed E-state index contributed by atoms with van der Waals surface area (Å²) < 4.78 is 0. The predicted octanol–water partition coefficient (Wildman–Crippen LogP) is -3.36. The second-order valence-electron chi connectivity index (χ2n) is 7.67. The first kappa shape index (κ1) is 42.0. The Morgan fingerprint density at radius 1 is 0.692 bits per heavy atom. The van der Waals surface area contributed by atoms with E-state index in [-0.39, 0.29) is 24.7 Å². The van der Waals surface area contributed by atoms with Gasteiger partial charge in [0.15, 0.2) is 5.96 Å². The van der Waals surface area contributed by atoms with Gasteiger partial charge in [-0.25, -0.2) is 9.59 Å². The van der Waals surface area contributed by atoms with Crippen molar-refractivity contribution in [2.45, 2.75) is 70.1 Å². The first-order valence-corrected chi connectivity index (χ1v) is 11.2. The maximum Gasteiger partial charge on any atom is 0.332 e. The second-order valence-corrected chi connectivity index (χ2v) is 7.67. The largest absolute Gasteiger partial charge is 0.481 e. The lowest BCUT2D eigenvalue weighted by Gasteiger charge is -2.11. The summed E-state index contributed by atoms with van der Waals surface area (Å²) in [6.45, 7) is 4.18. The minimum absolute atomic E-state index is 0.0129. The Kier molecular flexibility index (Phi) is 26.2. The molecule has 19 nitrogen and oxygen atoms in total. The molecule has 0 heterocycles. The molecule has 39 heavy (non-hydrogen) atoms. The van der Waals surface area contributed by atoms with Gasteiger partial charge in [-0.15, -0.1) is 0 Å². The van der Waals surface area contributed by atoms with Gasteiger partial charge in [0.1, 0.15) is 18.1 Å². The van der Waals surface area contributed by atoms with Gasteiger partial charge >= 0.3 is 35.8 Å². The molecule has 0 aliphatic heterocycles. The number of carboxylic acid groups (broad SMARTS) is 6. The molecule has 0 rings (SSSR count). The molecular formula is C20H41N7O12. The van der Waals surface area contributed by atoms with Crippen LogP contribution in [0.25, 0.3) is 0 Å². The van der Waals surface area contributed by atoms with E-state index >= 15 is 0 Å². The van der Waals surface area contributed by atoms with Crippen molar-refractivity contribution >= 4 is 41.8 Å². The molecular weight excluding hydrogens is 530 g/mol. The fraction of sp³-hybridized carbons (Fsp3) is 0.650. The molecule has 0 unspecified atom stereocenters. The highest BCUT2D eigenvalue weighted by Gasteiger charge is 2.19. The van der Waals surface area contributed by atoms with Crippen LogP contribution in [0.4, 0.5) is 0 Å². The number of rotatable bonds is 14. The summed E-state index contributed by atoms with van der Waals surface area (Å²) in [6, 6.07) is -4.37. The Bertz CT molecular complexity index is 792. The van der Waals surface area contributed by atoms with Crippen LogP contribution in [0.2, 0.25) is 0 Å². The second kappa shape index (κ2) is 24.3. The van der Waals surface area contributed by atoms with Crippen LogP contribution in [0.1, 0.15) is 46.0 Å². The topological polar surface area (TPSA) is 392 Å². The van der Waals surface area contributed by atoms with Crippen LogP contribution in [-0.2, 0) is 28.8 Å². The van der Waals surface area contributed by atoms with Gasteiger partial charge in [0, 0.05) is 13.0 Å². The molecule has 0 aliphatic rings. The van der Waals surface area contributed by atoms with Crippen molar-refractivity contribution in [1.29, 1.82) is 0 Å². The Morgan fingerprint density at radius 3 is 1.33 bits per heavy atom. The standard InChI is InChI=1S/C6H14N4O2.C6H13NO2.C5H9NO4.C3H5NO4/c7-4(5(11)12)2-1-3-10-6(8)9;1-3-4(2)5(7)6(8)9;6-3(5(9)10)1-2-4(7)8;4-1(2(5)6)3(7)8/h4H,1-3,7H2,(H,11,12)(H4,8,9,10);4-5H,3,7H2,1-2H3,(H,8,9);3H,1-2,6H2,(H,7,8)(H,9,10);1H,4H2,(H,5,6)(H,7,8)/t4-;4-,5-;3-;/m001./s1. The molecule has 0 aliphatic carbocycles. The van der Waals surface area contributed by atoms with Crippen molar-refractivity contribution in [3.63, 3.8) is 0 Å². The molecule has 0 amide bonds. The van der Waals surface area contributed by atoms with E-state index in [1.54, 1.807) is 0 Å². The summed E-state index contributed by atoms with van der Waals surface area (Å²) in [4.78, 5) is 63.2. The molecule has 0 fully saturated rings. The first-order valence-electron chi connectivity index (χ1n) is 11.2. The predicted molar refractivity (Wildman–Crippen MR) is 136 cm³/mol. The van der Waals surface area contributed by atoms with E-state index in [9.17, 15) is 28.8 Å². The zero-order valence-electron chi connectivity index (χ0n) is 21.7. The third-order valence-corrected chi connectivity index (χ3v) is 4.35. The van der Waals surface area contributed by atoms with Crippen molar-refractivity contribution in [2.24, 2.45) is 45.3 Å². The van der Waals surface area contributed by atoms with Gasteiger partial charge in [-0.05, 0) is 25.2 Å². The normalized spacial score (nSPS) is 12.7. The van der Waals surface area contributed by atoms with Crippen LogP contribution >= 0.6 is 0 Å². The molecule has 0 bridgehead atoms. The zero-order valence-corrected chi connectivity index (χ0v) is 21.7. The van der Waals surface area contributed by atoms with Gasteiger partial charge in [0.25, 0.3) is 0 Å². The van der Waals surface area contributed by atoms with Gasteiger partial charge in [0.05, 0.1) is 0 Å². The summed E-state index contributed by atoms with van der Waals surface area (Å²) in [6.07, 6.45) is 1.54. The number of nitrogens with zero attached hydrogens (tertiary/aromatic N) is 1. The van der Waals surface area contributed by atoms with E-state index in [0.29, 0.717) is 19.4 Å². The van der Waals surface area contributed by atoms with Crippen LogP contribution in [-0.4, -0.2) is 103 Å². The van der Waals surface area contributed by atoms with Crippen LogP contribution in [0.15, 0.2) is 4.99 Å². The summed E-state index contributed by atoms with van der Waals surface area (Å²) in [5.74, 6) is -7.08. The summed E-state index contributed by atoms with van der Waals surface area (Å²) in [5.41, 5.74) is 30.2. The third kappa shape index (κ3) is 30.0. The van der Waals surface area contributed by atoms with E-state index in [4.69, 9.17) is 59.3 Å². The van der Waals surface area contributed by atoms with Crippen molar-refractivity contribution in [3.8, 4) is 0 Å². The molecule has 4 atom stereocenters. The van der Waals surface area contributed by atoms with Gasteiger partial charge in [-0.1, -0.05) is 20.3 Å². The van der Waals surface area contributed by atoms with E-state index in [1.165, 1.54) is 0 Å². The van der Waals surface area contributed by atoms with Crippen LogP contribution in [0.3, 0.4) is 0 Å². The molecule has 0 saturated heterocycles. The maximum atomic E-state index is 10.2. The molecule has 0 aromatic rings. The van der Waals surface area contributed by atoms with E-state index < -0.39 is 60.0 Å². The summed E-state index contributed by atoms with van der Waals surface area (Å²) in [5, 5.41) is 48.7. The lowest BCUT2D eigenvalue weighted by molar-refractivity contribution is -0.150. The Morgan fingerprint density at radius 2 is 1.10 bits per heavy atom. The first-order chi connectivity index (χ1) is 17.7. The number of aliphatic imine (C=N–C) groups is 1. The number of hydrogen-bond acceptors (Lipinski definition) is 11. The molecule has 228 valence electrons. The van der Waals surface area contributed by atoms with Gasteiger partial charge < -0.3 is 65.0 Å². The number of hydrogen-bond donors (Lipinski definition) is 12. The monoisotopic (exact) mass is 571 g/mol. The van der Waals surface area contributed by atoms with Crippen LogP contribution in [0.5, 0.6) is 0 Å². The van der Waals surface area contributed by atoms with E-state index in [2.05, 4.69) is 10.7 Å².